The zero-order chi connectivity index (χ0) is 17.7. The largest absolute Gasteiger partial charge is 0.367 e. The predicted molar refractivity (Wildman–Crippen MR) is 103 cm³/mol. The molecule has 0 bridgehead atoms. The predicted octanol–water partition coefficient (Wildman–Crippen LogP) is 2.77. The van der Waals surface area contributed by atoms with E-state index < -0.39 is 10.0 Å². The monoisotopic (exact) mass is 359 g/mol. The van der Waals surface area contributed by atoms with Gasteiger partial charge in [-0.25, -0.2) is 8.42 Å². The molecule has 0 aromatic heterocycles. The van der Waals surface area contributed by atoms with Crippen molar-refractivity contribution in [3.63, 3.8) is 0 Å². The highest BCUT2D eigenvalue weighted by atomic mass is 32.2. The van der Waals surface area contributed by atoms with E-state index in [0.717, 1.165) is 44.0 Å². The smallest absolute Gasteiger partial charge is 0.236 e. The molecule has 1 aliphatic rings. The lowest BCUT2D eigenvalue weighted by Crippen LogP contribution is -2.46. The minimum atomic E-state index is -3.45. The molecule has 25 heavy (non-hydrogen) atoms. The van der Waals surface area contributed by atoms with Crippen molar-refractivity contribution in [3.05, 3.63) is 60.2 Å². The van der Waals surface area contributed by atoms with Crippen molar-refractivity contribution in [2.45, 2.75) is 12.7 Å². The molecule has 0 atom stereocenters. The van der Waals surface area contributed by atoms with Gasteiger partial charge < -0.3 is 9.80 Å². The first-order valence-corrected chi connectivity index (χ1v) is 10.3. The normalized spacial score (nSPS) is 16.0. The summed E-state index contributed by atoms with van der Waals surface area (Å²) < 4.78 is 27.9. The number of nitrogens with zero attached hydrogens (tertiary/aromatic N) is 2. The Bertz CT molecular complexity index is 785. The number of para-hydroxylation sites is 2. The van der Waals surface area contributed by atoms with E-state index in [-0.39, 0.29) is 5.75 Å². The molecule has 0 aliphatic carbocycles. The molecule has 6 heteroatoms. The SMILES string of the molecule is CCN1CCN(c2ccccc2NS(=O)(=O)Cc2ccccc2)CC1. The van der Waals surface area contributed by atoms with Crippen LogP contribution in [0.3, 0.4) is 0 Å². The van der Waals surface area contributed by atoms with Gasteiger partial charge in [0.05, 0.1) is 17.1 Å². The van der Waals surface area contributed by atoms with Gasteiger partial charge in [-0.3, -0.25) is 4.72 Å². The van der Waals surface area contributed by atoms with E-state index in [1.165, 1.54) is 0 Å². The molecule has 0 saturated carbocycles. The molecule has 3 rings (SSSR count). The summed E-state index contributed by atoms with van der Waals surface area (Å²) in [5.41, 5.74) is 2.39. The Kier molecular flexibility index (Phi) is 5.60. The van der Waals surface area contributed by atoms with Crippen molar-refractivity contribution in [1.82, 2.24) is 4.90 Å². The molecule has 1 fully saturated rings. The highest BCUT2D eigenvalue weighted by Gasteiger charge is 2.20. The average Bonchev–Trinajstić information content (AvgIpc) is 2.62. The van der Waals surface area contributed by atoms with Gasteiger partial charge in [0.15, 0.2) is 0 Å². The number of benzene rings is 2. The first-order valence-electron chi connectivity index (χ1n) is 8.68. The fourth-order valence-corrected chi connectivity index (χ4v) is 4.35. The quantitative estimate of drug-likeness (QED) is 0.862. The van der Waals surface area contributed by atoms with E-state index in [2.05, 4.69) is 21.4 Å². The standard InChI is InChI=1S/C19H25N3O2S/c1-2-21-12-14-22(15-13-21)19-11-7-6-10-18(19)20-25(23,24)16-17-8-4-3-5-9-17/h3-11,20H,2,12-16H2,1H3. The lowest BCUT2D eigenvalue weighted by atomic mass is 10.2. The van der Waals surface area contributed by atoms with E-state index in [4.69, 9.17) is 0 Å². The summed E-state index contributed by atoms with van der Waals surface area (Å²) in [6, 6.07) is 16.9. The molecule has 2 aromatic rings. The zero-order valence-electron chi connectivity index (χ0n) is 14.6. The van der Waals surface area contributed by atoms with Crippen LogP contribution in [0.25, 0.3) is 0 Å². The Morgan fingerprint density at radius 1 is 0.920 bits per heavy atom. The average molecular weight is 359 g/mol. The number of anilines is 2. The summed E-state index contributed by atoms with van der Waals surface area (Å²) in [5, 5.41) is 0. The number of hydrogen-bond donors (Lipinski definition) is 1. The van der Waals surface area contributed by atoms with Crippen LogP contribution in [0.1, 0.15) is 12.5 Å². The summed E-state index contributed by atoms with van der Waals surface area (Å²) >= 11 is 0. The van der Waals surface area contributed by atoms with Gasteiger partial charge in [-0.1, -0.05) is 49.4 Å². The molecule has 5 nitrogen and oxygen atoms in total. The van der Waals surface area contributed by atoms with Crippen molar-refractivity contribution in [2.75, 3.05) is 42.3 Å². The third kappa shape index (κ3) is 4.74. The molecular weight excluding hydrogens is 334 g/mol. The molecule has 1 saturated heterocycles. The molecule has 2 aromatic carbocycles. The minimum Gasteiger partial charge on any atom is -0.367 e. The van der Waals surface area contributed by atoms with Gasteiger partial charge in [0.1, 0.15) is 0 Å². The second-order valence-electron chi connectivity index (χ2n) is 6.29. The second kappa shape index (κ2) is 7.89. The van der Waals surface area contributed by atoms with Crippen LogP contribution in [0.2, 0.25) is 0 Å². The van der Waals surface area contributed by atoms with E-state index in [9.17, 15) is 8.42 Å². The molecule has 134 valence electrons. The van der Waals surface area contributed by atoms with Crippen LogP contribution in [0.5, 0.6) is 0 Å². The van der Waals surface area contributed by atoms with Crippen molar-refractivity contribution in [2.24, 2.45) is 0 Å². The van der Waals surface area contributed by atoms with Gasteiger partial charge in [0.25, 0.3) is 0 Å². The summed E-state index contributed by atoms with van der Waals surface area (Å²) in [7, 11) is -3.45. The fourth-order valence-electron chi connectivity index (χ4n) is 3.14. The van der Waals surface area contributed by atoms with Crippen LogP contribution in [-0.4, -0.2) is 46.0 Å². The number of nitrogens with one attached hydrogen (secondary N) is 1. The molecule has 1 N–H and O–H groups in total. The second-order valence-corrected chi connectivity index (χ2v) is 8.01. The summed E-state index contributed by atoms with van der Waals surface area (Å²) in [5.74, 6) is -0.0220. The van der Waals surface area contributed by atoms with E-state index in [0.29, 0.717) is 5.69 Å². The molecule has 0 radical (unpaired) electrons. The summed E-state index contributed by atoms with van der Waals surface area (Å²) in [4.78, 5) is 4.66. The van der Waals surface area contributed by atoms with Gasteiger partial charge in [0, 0.05) is 26.2 Å². The van der Waals surface area contributed by atoms with Crippen LogP contribution in [0.15, 0.2) is 54.6 Å². The van der Waals surface area contributed by atoms with E-state index in [1.807, 2.05) is 54.6 Å². The third-order valence-corrected chi connectivity index (χ3v) is 5.77. The maximum Gasteiger partial charge on any atom is 0.236 e. The molecule has 1 heterocycles. The van der Waals surface area contributed by atoms with Crippen LogP contribution < -0.4 is 9.62 Å². The number of rotatable bonds is 6. The van der Waals surface area contributed by atoms with Crippen LogP contribution in [0.4, 0.5) is 11.4 Å². The Balaban J connectivity index is 1.75. The Hall–Kier alpha value is -2.05. The van der Waals surface area contributed by atoms with Gasteiger partial charge in [-0.15, -0.1) is 0 Å². The van der Waals surface area contributed by atoms with Crippen molar-refractivity contribution in [3.8, 4) is 0 Å². The maximum atomic E-state index is 12.6. The first kappa shape index (κ1) is 17.8. The lowest BCUT2D eigenvalue weighted by Gasteiger charge is -2.36. The summed E-state index contributed by atoms with van der Waals surface area (Å²) in [6.45, 7) is 7.04. The minimum absolute atomic E-state index is 0.0220. The number of piperazine rings is 1. The summed E-state index contributed by atoms with van der Waals surface area (Å²) in [6.07, 6.45) is 0. The molecule has 0 unspecified atom stereocenters. The van der Waals surface area contributed by atoms with E-state index in [1.54, 1.807) is 0 Å². The molecule has 1 aliphatic heterocycles. The number of sulfonamides is 1. The lowest BCUT2D eigenvalue weighted by molar-refractivity contribution is 0.271. The van der Waals surface area contributed by atoms with Crippen molar-refractivity contribution in [1.29, 1.82) is 0 Å². The Morgan fingerprint density at radius 3 is 2.24 bits per heavy atom. The van der Waals surface area contributed by atoms with Gasteiger partial charge >= 0.3 is 0 Å². The van der Waals surface area contributed by atoms with Gasteiger partial charge in [0.2, 0.25) is 10.0 Å². The zero-order valence-corrected chi connectivity index (χ0v) is 15.4. The van der Waals surface area contributed by atoms with Gasteiger partial charge in [-0.05, 0) is 24.2 Å². The molecular formula is C19H25N3O2S. The highest BCUT2D eigenvalue weighted by molar-refractivity contribution is 7.91. The third-order valence-electron chi connectivity index (χ3n) is 4.53. The maximum absolute atomic E-state index is 12.6. The van der Waals surface area contributed by atoms with Crippen LogP contribution >= 0.6 is 0 Å². The van der Waals surface area contributed by atoms with Crippen molar-refractivity contribution >= 4 is 21.4 Å². The highest BCUT2D eigenvalue weighted by Crippen LogP contribution is 2.28. The topological polar surface area (TPSA) is 52.6 Å². The molecule has 0 spiro atoms. The van der Waals surface area contributed by atoms with Crippen LogP contribution in [-0.2, 0) is 15.8 Å². The van der Waals surface area contributed by atoms with Gasteiger partial charge in [-0.2, -0.15) is 0 Å². The fraction of sp³-hybridized carbons (Fsp3) is 0.368. The number of hydrogen-bond acceptors (Lipinski definition) is 4. The number of likely N-dealkylation sites (N-methyl/N-ethyl adjacent to an activating group) is 1. The van der Waals surface area contributed by atoms with E-state index >= 15 is 0 Å². The Labute approximate surface area is 150 Å². The van der Waals surface area contributed by atoms with Crippen molar-refractivity contribution < 1.29 is 8.42 Å². The molecule has 0 amide bonds. The first-order chi connectivity index (χ1) is 12.1. The Morgan fingerprint density at radius 2 is 1.56 bits per heavy atom. The van der Waals surface area contributed by atoms with Crippen LogP contribution in [0, 0.1) is 0 Å².